The van der Waals surface area contributed by atoms with Crippen molar-refractivity contribution in [1.29, 1.82) is 0 Å². The molecule has 0 saturated heterocycles. The van der Waals surface area contributed by atoms with Crippen LogP contribution in [0.2, 0.25) is 0 Å². The van der Waals surface area contributed by atoms with E-state index in [1.54, 1.807) is 0 Å². The van der Waals surface area contributed by atoms with Gasteiger partial charge in [0.1, 0.15) is 5.60 Å². The van der Waals surface area contributed by atoms with Gasteiger partial charge in [-0.15, -0.1) is 0 Å². The highest BCUT2D eigenvalue weighted by Crippen LogP contribution is 2.68. The summed E-state index contributed by atoms with van der Waals surface area (Å²) in [6.45, 7) is 10.1. The van der Waals surface area contributed by atoms with Gasteiger partial charge in [0.25, 0.3) is 0 Å². The van der Waals surface area contributed by atoms with E-state index in [1.165, 1.54) is 12.5 Å². The molecule has 3 heteroatoms. The molecule has 0 unspecified atom stereocenters. The van der Waals surface area contributed by atoms with Gasteiger partial charge < -0.3 is 5.11 Å². The third kappa shape index (κ3) is 1.96. The molecule has 0 amide bonds. The van der Waals surface area contributed by atoms with Crippen LogP contribution in [0.1, 0.15) is 65.7 Å². The van der Waals surface area contributed by atoms with Crippen molar-refractivity contribution in [3.05, 3.63) is 23.8 Å². The van der Waals surface area contributed by atoms with Gasteiger partial charge in [-0.1, -0.05) is 26.0 Å². The number of rotatable bonds is 1. The quantitative estimate of drug-likeness (QED) is 0.733. The molecule has 3 fully saturated rings. The van der Waals surface area contributed by atoms with Crippen LogP contribution in [0.4, 0.5) is 0 Å². The van der Waals surface area contributed by atoms with Crippen molar-refractivity contribution in [1.82, 2.24) is 0 Å². The van der Waals surface area contributed by atoms with Crippen molar-refractivity contribution in [2.75, 3.05) is 0 Å². The van der Waals surface area contributed by atoms with E-state index in [2.05, 4.69) is 20.4 Å². The summed E-state index contributed by atoms with van der Waals surface area (Å²) in [5.41, 5.74) is 0.448. The molecule has 0 aromatic heterocycles. The lowest BCUT2D eigenvalue weighted by Crippen LogP contribution is -2.57. The van der Waals surface area contributed by atoms with Crippen LogP contribution in [0.3, 0.4) is 0 Å². The van der Waals surface area contributed by atoms with Crippen LogP contribution in [0.15, 0.2) is 23.8 Å². The maximum atomic E-state index is 12.4. The van der Waals surface area contributed by atoms with Crippen molar-refractivity contribution in [3.8, 4) is 0 Å². The highest BCUT2D eigenvalue weighted by molar-refractivity contribution is 5.92. The number of hydrogen-bond acceptors (Lipinski definition) is 3. The largest absolute Gasteiger partial charge is 0.377 e. The predicted molar refractivity (Wildman–Crippen MR) is 96.9 cm³/mol. The minimum atomic E-state index is -1.36. The van der Waals surface area contributed by atoms with Gasteiger partial charge in [-0.3, -0.25) is 9.59 Å². The molecular formula is C22H30O3. The van der Waals surface area contributed by atoms with Crippen LogP contribution in [0, 0.1) is 28.6 Å². The van der Waals surface area contributed by atoms with Gasteiger partial charge in [-0.2, -0.15) is 0 Å². The average molecular weight is 342 g/mol. The molecule has 0 spiro atoms. The SMILES string of the molecule is C=C1C[C@@H]2[C@H]3CCC4=CC(=O)CC[C@@]4(C)[C@@H]3CC[C@]2(C)[C@]1(O)C(C)=O. The smallest absolute Gasteiger partial charge is 0.166 e. The second-order valence-corrected chi connectivity index (χ2v) is 9.50. The van der Waals surface area contributed by atoms with Gasteiger partial charge in [-0.05, 0) is 80.3 Å². The molecule has 25 heavy (non-hydrogen) atoms. The van der Waals surface area contributed by atoms with Crippen LogP contribution < -0.4 is 0 Å². The Labute approximate surface area is 150 Å². The monoisotopic (exact) mass is 342 g/mol. The number of aliphatic hydroxyl groups is 1. The summed E-state index contributed by atoms with van der Waals surface area (Å²) in [5.74, 6) is 1.53. The van der Waals surface area contributed by atoms with Gasteiger partial charge >= 0.3 is 0 Å². The van der Waals surface area contributed by atoms with Gasteiger partial charge in [0.2, 0.25) is 0 Å². The number of fused-ring (bicyclic) bond motifs is 5. The van der Waals surface area contributed by atoms with Gasteiger partial charge in [0, 0.05) is 11.8 Å². The lowest BCUT2D eigenvalue weighted by molar-refractivity contribution is -0.154. The summed E-state index contributed by atoms with van der Waals surface area (Å²) in [4.78, 5) is 24.3. The molecule has 0 aromatic carbocycles. The van der Waals surface area contributed by atoms with E-state index in [4.69, 9.17) is 0 Å². The van der Waals surface area contributed by atoms with Crippen molar-refractivity contribution in [2.45, 2.75) is 71.3 Å². The molecule has 0 aromatic rings. The Bertz CT molecular complexity index is 704. The van der Waals surface area contributed by atoms with Crippen LogP contribution in [0.25, 0.3) is 0 Å². The number of carbonyl (C=O) groups excluding carboxylic acids is 2. The van der Waals surface area contributed by atoms with Crippen molar-refractivity contribution in [2.24, 2.45) is 28.6 Å². The number of carbonyl (C=O) groups is 2. The first-order valence-corrected chi connectivity index (χ1v) is 9.80. The first kappa shape index (κ1) is 17.2. The zero-order valence-electron chi connectivity index (χ0n) is 15.7. The first-order valence-electron chi connectivity index (χ1n) is 9.80. The highest BCUT2D eigenvalue weighted by Gasteiger charge is 2.66. The molecule has 3 nitrogen and oxygen atoms in total. The fourth-order valence-electron chi connectivity index (χ4n) is 7.17. The number of ketones is 2. The Balaban J connectivity index is 1.74. The number of Topliss-reactive ketones (excluding diaryl/α,β-unsaturated/α-hetero) is 1. The topological polar surface area (TPSA) is 54.4 Å². The Kier molecular flexibility index (Phi) is 3.55. The van der Waals surface area contributed by atoms with Crippen LogP contribution in [0.5, 0.6) is 0 Å². The van der Waals surface area contributed by atoms with Crippen LogP contribution in [-0.4, -0.2) is 22.3 Å². The number of hydrogen-bond donors (Lipinski definition) is 1. The summed E-state index contributed by atoms with van der Waals surface area (Å²) in [6.07, 6.45) is 8.26. The Morgan fingerprint density at radius 3 is 2.60 bits per heavy atom. The predicted octanol–water partition coefficient (Wildman–Crippen LogP) is 4.00. The molecule has 4 aliphatic rings. The van der Waals surface area contributed by atoms with E-state index < -0.39 is 5.60 Å². The average Bonchev–Trinajstić information content (AvgIpc) is 2.77. The van der Waals surface area contributed by atoms with Gasteiger partial charge in [-0.25, -0.2) is 0 Å². The van der Waals surface area contributed by atoms with E-state index in [-0.39, 0.29) is 22.4 Å². The summed E-state index contributed by atoms with van der Waals surface area (Å²) < 4.78 is 0. The molecule has 1 N–H and O–H groups in total. The van der Waals surface area contributed by atoms with Crippen molar-refractivity contribution < 1.29 is 14.7 Å². The molecular weight excluding hydrogens is 312 g/mol. The lowest BCUT2D eigenvalue weighted by Gasteiger charge is -2.58. The summed E-state index contributed by atoms with van der Waals surface area (Å²) >= 11 is 0. The summed E-state index contributed by atoms with van der Waals surface area (Å²) in [7, 11) is 0. The fraction of sp³-hybridized carbons (Fsp3) is 0.727. The maximum Gasteiger partial charge on any atom is 0.166 e. The molecule has 0 aliphatic heterocycles. The zero-order valence-corrected chi connectivity index (χ0v) is 15.7. The molecule has 4 aliphatic carbocycles. The Morgan fingerprint density at radius 1 is 1.20 bits per heavy atom. The minimum absolute atomic E-state index is 0.121. The van der Waals surface area contributed by atoms with E-state index in [1.807, 2.05) is 6.08 Å². The third-order valence-electron chi connectivity index (χ3n) is 8.67. The van der Waals surface area contributed by atoms with Crippen molar-refractivity contribution >= 4 is 11.6 Å². The standard InChI is InChI=1S/C22H30O3/c1-13-11-19-17-6-5-15-12-16(24)7-9-20(15,3)18(17)8-10-21(19,4)22(13,25)14(2)23/h12,17-19,25H,1,5-11H2,2-4H3/t17-,18+,19+,20+,21-,22+/m0/s1. The second-order valence-electron chi connectivity index (χ2n) is 9.50. The Morgan fingerprint density at radius 2 is 1.92 bits per heavy atom. The maximum absolute atomic E-state index is 12.4. The highest BCUT2D eigenvalue weighted by atomic mass is 16.3. The van der Waals surface area contributed by atoms with E-state index >= 15 is 0 Å². The van der Waals surface area contributed by atoms with Crippen LogP contribution in [-0.2, 0) is 9.59 Å². The second kappa shape index (κ2) is 5.16. The van der Waals surface area contributed by atoms with Gasteiger partial charge in [0.15, 0.2) is 11.6 Å². The Hall–Kier alpha value is -1.22. The lowest BCUT2D eigenvalue weighted by atomic mass is 9.46. The summed E-state index contributed by atoms with van der Waals surface area (Å²) in [6, 6.07) is 0. The molecule has 136 valence electrons. The first-order chi connectivity index (χ1) is 11.6. The summed E-state index contributed by atoms with van der Waals surface area (Å²) in [5, 5.41) is 11.3. The van der Waals surface area contributed by atoms with Gasteiger partial charge in [0.05, 0.1) is 0 Å². The normalized spacial score (nSPS) is 49.1. The van der Waals surface area contributed by atoms with E-state index in [0.717, 1.165) is 44.1 Å². The van der Waals surface area contributed by atoms with Crippen LogP contribution >= 0.6 is 0 Å². The molecule has 0 bridgehead atoms. The molecule has 3 saturated carbocycles. The number of allylic oxidation sites excluding steroid dienone is 1. The molecule has 4 rings (SSSR count). The molecule has 6 atom stereocenters. The fourth-order valence-corrected chi connectivity index (χ4v) is 7.17. The minimum Gasteiger partial charge on any atom is -0.377 e. The third-order valence-corrected chi connectivity index (χ3v) is 8.67. The molecule has 0 radical (unpaired) electrons. The van der Waals surface area contributed by atoms with E-state index in [0.29, 0.717) is 24.2 Å². The zero-order chi connectivity index (χ0) is 18.2. The van der Waals surface area contributed by atoms with E-state index in [9.17, 15) is 14.7 Å². The van der Waals surface area contributed by atoms with Crippen molar-refractivity contribution in [3.63, 3.8) is 0 Å². The molecule has 0 heterocycles.